The summed E-state index contributed by atoms with van der Waals surface area (Å²) in [4.78, 5) is 0. The molecule has 0 amide bonds. The molecular weight excluding hydrogens is 162 g/mol. The number of hydrogen-bond acceptors (Lipinski definition) is 2. The molecule has 1 saturated carbocycles. The molecule has 0 saturated heterocycles. The zero-order valence-corrected chi connectivity index (χ0v) is 8.97. The first-order valence-corrected chi connectivity index (χ1v) is 5.48. The van der Waals surface area contributed by atoms with Crippen molar-refractivity contribution in [3.05, 3.63) is 0 Å². The summed E-state index contributed by atoms with van der Waals surface area (Å²) in [6.45, 7) is 6.70. The highest BCUT2D eigenvalue weighted by atomic mass is 16.3. The molecule has 1 aliphatic carbocycles. The van der Waals surface area contributed by atoms with Crippen LogP contribution in [0.2, 0.25) is 0 Å². The van der Waals surface area contributed by atoms with Crippen molar-refractivity contribution in [1.29, 1.82) is 0 Å². The van der Waals surface area contributed by atoms with Gasteiger partial charge in [0.25, 0.3) is 0 Å². The Morgan fingerprint density at radius 3 is 2.46 bits per heavy atom. The van der Waals surface area contributed by atoms with Crippen LogP contribution in [0.3, 0.4) is 0 Å². The molecule has 0 radical (unpaired) electrons. The summed E-state index contributed by atoms with van der Waals surface area (Å²) in [7, 11) is 0. The van der Waals surface area contributed by atoms with Gasteiger partial charge in [0.2, 0.25) is 0 Å². The number of aliphatic hydroxyl groups is 1. The summed E-state index contributed by atoms with van der Waals surface area (Å²) in [5.41, 5.74) is 0.408. The second kappa shape index (κ2) is 4.97. The molecule has 0 aliphatic heterocycles. The lowest BCUT2D eigenvalue weighted by molar-refractivity contribution is 0.200. The van der Waals surface area contributed by atoms with Crippen LogP contribution >= 0.6 is 0 Å². The zero-order valence-electron chi connectivity index (χ0n) is 8.97. The maximum Gasteiger partial charge on any atom is 0.0555 e. The van der Waals surface area contributed by atoms with Gasteiger partial charge in [-0.15, -0.1) is 0 Å². The van der Waals surface area contributed by atoms with Crippen molar-refractivity contribution in [2.24, 2.45) is 11.3 Å². The summed E-state index contributed by atoms with van der Waals surface area (Å²) >= 11 is 0. The fourth-order valence-corrected chi connectivity index (χ4v) is 2.34. The highest BCUT2D eigenvalue weighted by Gasteiger charge is 2.30. The van der Waals surface area contributed by atoms with Crippen LogP contribution in [0.4, 0.5) is 0 Å². The van der Waals surface area contributed by atoms with Gasteiger partial charge in [0, 0.05) is 13.1 Å². The summed E-state index contributed by atoms with van der Waals surface area (Å²) < 4.78 is 0. The Morgan fingerprint density at radius 2 is 1.92 bits per heavy atom. The molecule has 1 fully saturated rings. The van der Waals surface area contributed by atoms with E-state index in [1.807, 2.05) is 0 Å². The first-order chi connectivity index (χ1) is 6.17. The third-order valence-electron chi connectivity index (χ3n) is 3.33. The van der Waals surface area contributed by atoms with E-state index < -0.39 is 0 Å². The first kappa shape index (κ1) is 11.0. The van der Waals surface area contributed by atoms with Crippen LogP contribution in [-0.2, 0) is 0 Å². The second-order valence-electron chi connectivity index (χ2n) is 4.87. The van der Waals surface area contributed by atoms with Crippen LogP contribution in [-0.4, -0.2) is 24.8 Å². The van der Waals surface area contributed by atoms with Gasteiger partial charge in [0.15, 0.2) is 0 Å². The average Bonchev–Trinajstić information content (AvgIpc) is 2.56. The van der Waals surface area contributed by atoms with Crippen LogP contribution in [0, 0.1) is 11.3 Å². The molecule has 13 heavy (non-hydrogen) atoms. The van der Waals surface area contributed by atoms with Crippen LogP contribution in [0.15, 0.2) is 0 Å². The Balaban J connectivity index is 2.26. The van der Waals surface area contributed by atoms with Gasteiger partial charge in [-0.25, -0.2) is 0 Å². The largest absolute Gasteiger partial charge is 0.395 e. The molecule has 0 bridgehead atoms. The van der Waals surface area contributed by atoms with E-state index in [0.717, 1.165) is 19.0 Å². The van der Waals surface area contributed by atoms with Crippen molar-refractivity contribution < 1.29 is 5.11 Å². The molecular formula is C11H23NO. The van der Waals surface area contributed by atoms with Crippen molar-refractivity contribution in [3.63, 3.8) is 0 Å². The Labute approximate surface area is 81.7 Å². The van der Waals surface area contributed by atoms with Gasteiger partial charge < -0.3 is 10.4 Å². The SMILES string of the molecule is CC(C)(CNCCO)C1CCCC1. The van der Waals surface area contributed by atoms with Crippen molar-refractivity contribution in [1.82, 2.24) is 5.32 Å². The second-order valence-corrected chi connectivity index (χ2v) is 4.87. The number of hydrogen-bond donors (Lipinski definition) is 2. The quantitative estimate of drug-likeness (QED) is 0.640. The molecule has 0 unspecified atom stereocenters. The van der Waals surface area contributed by atoms with Crippen molar-refractivity contribution in [2.75, 3.05) is 19.7 Å². The van der Waals surface area contributed by atoms with Gasteiger partial charge in [0.05, 0.1) is 6.61 Å². The summed E-state index contributed by atoms with van der Waals surface area (Å²) in [6, 6.07) is 0. The average molecular weight is 185 g/mol. The summed E-state index contributed by atoms with van der Waals surface area (Å²) in [5, 5.41) is 12.0. The lowest BCUT2D eigenvalue weighted by Gasteiger charge is -2.31. The highest BCUT2D eigenvalue weighted by Crippen LogP contribution is 2.38. The Kier molecular flexibility index (Phi) is 4.20. The van der Waals surface area contributed by atoms with Crippen molar-refractivity contribution >= 4 is 0 Å². The third-order valence-corrected chi connectivity index (χ3v) is 3.33. The molecule has 0 aromatic heterocycles. The van der Waals surface area contributed by atoms with Gasteiger partial charge in [-0.3, -0.25) is 0 Å². The fraction of sp³-hybridized carbons (Fsp3) is 1.00. The molecule has 0 spiro atoms. The van der Waals surface area contributed by atoms with Crippen LogP contribution in [0.25, 0.3) is 0 Å². The fourth-order valence-electron chi connectivity index (χ4n) is 2.34. The van der Waals surface area contributed by atoms with E-state index in [2.05, 4.69) is 19.2 Å². The van der Waals surface area contributed by atoms with E-state index in [1.165, 1.54) is 25.7 Å². The predicted octanol–water partition coefficient (Wildman–Crippen LogP) is 1.78. The number of aliphatic hydroxyl groups excluding tert-OH is 1. The molecule has 2 N–H and O–H groups in total. The van der Waals surface area contributed by atoms with Gasteiger partial charge in [-0.2, -0.15) is 0 Å². The first-order valence-electron chi connectivity index (χ1n) is 5.48. The van der Waals surface area contributed by atoms with E-state index >= 15 is 0 Å². The highest BCUT2D eigenvalue weighted by molar-refractivity contribution is 4.83. The molecule has 0 aromatic carbocycles. The zero-order chi connectivity index (χ0) is 9.73. The molecule has 1 aliphatic rings. The molecule has 0 aromatic rings. The lowest BCUT2D eigenvalue weighted by Crippen LogP contribution is -2.35. The molecule has 0 heterocycles. The molecule has 78 valence electrons. The molecule has 1 rings (SSSR count). The van der Waals surface area contributed by atoms with Crippen molar-refractivity contribution in [3.8, 4) is 0 Å². The topological polar surface area (TPSA) is 32.3 Å². The monoisotopic (exact) mass is 185 g/mol. The normalized spacial score (nSPS) is 19.6. The number of rotatable bonds is 5. The molecule has 2 heteroatoms. The Morgan fingerprint density at radius 1 is 1.31 bits per heavy atom. The van der Waals surface area contributed by atoms with Gasteiger partial charge >= 0.3 is 0 Å². The van der Waals surface area contributed by atoms with Gasteiger partial charge in [-0.05, 0) is 24.2 Å². The molecule has 2 nitrogen and oxygen atoms in total. The predicted molar refractivity (Wildman–Crippen MR) is 55.7 cm³/mol. The van der Waals surface area contributed by atoms with Crippen LogP contribution in [0.5, 0.6) is 0 Å². The van der Waals surface area contributed by atoms with Crippen LogP contribution in [0.1, 0.15) is 39.5 Å². The summed E-state index contributed by atoms with van der Waals surface area (Å²) in [5.74, 6) is 0.888. The smallest absolute Gasteiger partial charge is 0.0555 e. The number of nitrogens with one attached hydrogen (secondary N) is 1. The lowest BCUT2D eigenvalue weighted by atomic mass is 9.78. The standard InChI is InChI=1S/C11H23NO/c1-11(2,9-12-7-8-13)10-5-3-4-6-10/h10,12-13H,3-9H2,1-2H3. The summed E-state index contributed by atoms with van der Waals surface area (Å²) in [6.07, 6.45) is 5.61. The van der Waals surface area contributed by atoms with E-state index in [1.54, 1.807) is 0 Å². The van der Waals surface area contributed by atoms with E-state index in [4.69, 9.17) is 5.11 Å². The Hall–Kier alpha value is -0.0800. The van der Waals surface area contributed by atoms with E-state index in [-0.39, 0.29) is 6.61 Å². The minimum absolute atomic E-state index is 0.251. The minimum atomic E-state index is 0.251. The third kappa shape index (κ3) is 3.28. The Bertz CT molecular complexity index is 139. The minimum Gasteiger partial charge on any atom is -0.395 e. The maximum atomic E-state index is 8.67. The van der Waals surface area contributed by atoms with Gasteiger partial charge in [0.1, 0.15) is 0 Å². The van der Waals surface area contributed by atoms with Gasteiger partial charge in [-0.1, -0.05) is 26.7 Å². The van der Waals surface area contributed by atoms with Crippen molar-refractivity contribution in [2.45, 2.75) is 39.5 Å². The van der Waals surface area contributed by atoms with Crippen LogP contribution < -0.4 is 5.32 Å². The molecule has 0 atom stereocenters. The van der Waals surface area contributed by atoms with E-state index in [9.17, 15) is 0 Å². The maximum absolute atomic E-state index is 8.67. The van der Waals surface area contributed by atoms with E-state index in [0.29, 0.717) is 5.41 Å².